The molecule has 1 spiro atoms. The molecule has 2 aromatic heterocycles. The van der Waals surface area contributed by atoms with Crippen LogP contribution in [0.15, 0.2) is 10.8 Å². The van der Waals surface area contributed by atoms with Gasteiger partial charge in [0.15, 0.2) is 6.39 Å². The Morgan fingerprint density at radius 1 is 1.37 bits per heavy atom. The third-order valence-electron chi connectivity index (χ3n) is 6.34. The number of nitrogens with zero attached hydrogens (tertiary/aromatic N) is 5. The lowest BCUT2D eigenvalue weighted by Gasteiger charge is -2.43. The van der Waals surface area contributed by atoms with Gasteiger partial charge in [-0.25, -0.2) is 9.67 Å². The van der Waals surface area contributed by atoms with E-state index in [-0.39, 0.29) is 17.6 Å². The van der Waals surface area contributed by atoms with E-state index in [2.05, 4.69) is 15.3 Å². The highest BCUT2D eigenvalue weighted by atomic mass is 16.5. The lowest BCUT2D eigenvalue weighted by atomic mass is 9.89. The van der Waals surface area contributed by atoms with Gasteiger partial charge in [0.25, 0.3) is 5.91 Å². The molecule has 2 fully saturated rings. The maximum atomic E-state index is 12.7. The third kappa shape index (κ3) is 3.75. The first-order valence-electron chi connectivity index (χ1n) is 10.6. The van der Waals surface area contributed by atoms with Gasteiger partial charge in [-0.1, -0.05) is 5.21 Å². The highest BCUT2D eigenvalue weighted by Crippen LogP contribution is 2.34. The molecular weight excluding hydrogens is 390 g/mol. The fraction of sp³-hybridized carbons (Fsp3) is 0.700. The predicted octanol–water partition coefficient (Wildman–Crippen LogP) is 1.48. The molecule has 5 heterocycles. The van der Waals surface area contributed by atoms with Crippen LogP contribution in [0.3, 0.4) is 0 Å². The van der Waals surface area contributed by atoms with Gasteiger partial charge in [-0.2, -0.15) is 0 Å². The zero-order chi connectivity index (χ0) is 20.6. The van der Waals surface area contributed by atoms with Crippen molar-refractivity contribution in [2.24, 2.45) is 0 Å². The average Bonchev–Trinajstić information content (AvgIpc) is 3.50. The SMILES string of the molecule is Cc1ncoc1C(=O)N1CCC2(CC1)Cn1nnc(COCC3CCCO3)c1CO2. The lowest BCUT2D eigenvalue weighted by molar-refractivity contribution is -0.120. The minimum absolute atomic E-state index is 0.109. The molecule has 0 bridgehead atoms. The highest BCUT2D eigenvalue weighted by molar-refractivity contribution is 5.92. The second kappa shape index (κ2) is 8.09. The Kier molecular flexibility index (Phi) is 5.30. The number of hydrogen-bond donors (Lipinski definition) is 0. The van der Waals surface area contributed by atoms with Crippen LogP contribution in [0.1, 0.15) is 53.3 Å². The first kappa shape index (κ1) is 19.7. The predicted molar refractivity (Wildman–Crippen MR) is 103 cm³/mol. The molecule has 2 saturated heterocycles. The summed E-state index contributed by atoms with van der Waals surface area (Å²) < 4.78 is 24.9. The smallest absolute Gasteiger partial charge is 0.291 e. The van der Waals surface area contributed by atoms with Crippen LogP contribution < -0.4 is 0 Å². The van der Waals surface area contributed by atoms with Crippen molar-refractivity contribution in [3.63, 3.8) is 0 Å². The molecule has 0 radical (unpaired) electrons. The number of rotatable bonds is 5. The van der Waals surface area contributed by atoms with E-state index in [9.17, 15) is 4.79 Å². The number of carbonyl (C=O) groups is 1. The number of likely N-dealkylation sites (tertiary alicyclic amines) is 1. The summed E-state index contributed by atoms with van der Waals surface area (Å²) in [5.41, 5.74) is 2.11. The van der Waals surface area contributed by atoms with E-state index in [1.165, 1.54) is 6.39 Å². The molecule has 1 atom stereocenters. The average molecular weight is 417 g/mol. The van der Waals surface area contributed by atoms with Crippen molar-refractivity contribution in [3.8, 4) is 0 Å². The number of amides is 1. The van der Waals surface area contributed by atoms with Crippen LogP contribution in [-0.2, 0) is 34.0 Å². The quantitative estimate of drug-likeness (QED) is 0.720. The Bertz CT molecular complexity index is 895. The van der Waals surface area contributed by atoms with Crippen LogP contribution in [0, 0.1) is 6.92 Å². The Labute approximate surface area is 174 Å². The molecule has 10 heteroatoms. The second-order valence-corrected chi connectivity index (χ2v) is 8.32. The number of aryl methyl sites for hydroxylation is 1. The number of hydrogen-bond acceptors (Lipinski definition) is 8. The molecule has 3 aliphatic rings. The third-order valence-corrected chi connectivity index (χ3v) is 6.34. The summed E-state index contributed by atoms with van der Waals surface area (Å²) in [6, 6.07) is 0. The van der Waals surface area contributed by atoms with Gasteiger partial charge in [0.05, 0.1) is 49.5 Å². The van der Waals surface area contributed by atoms with Crippen LogP contribution in [-0.4, -0.2) is 68.8 Å². The van der Waals surface area contributed by atoms with E-state index < -0.39 is 0 Å². The van der Waals surface area contributed by atoms with E-state index in [1.54, 1.807) is 6.92 Å². The number of fused-ring (bicyclic) bond motifs is 1. The summed E-state index contributed by atoms with van der Waals surface area (Å²) in [6.45, 7) is 5.94. The summed E-state index contributed by atoms with van der Waals surface area (Å²) in [5.74, 6) is 0.213. The van der Waals surface area contributed by atoms with Crippen LogP contribution in [0.2, 0.25) is 0 Å². The summed E-state index contributed by atoms with van der Waals surface area (Å²) in [4.78, 5) is 18.5. The topological polar surface area (TPSA) is 105 Å². The molecule has 162 valence electrons. The molecule has 10 nitrogen and oxygen atoms in total. The summed E-state index contributed by atoms with van der Waals surface area (Å²) in [7, 11) is 0. The van der Waals surface area contributed by atoms with Gasteiger partial charge in [0, 0.05) is 19.7 Å². The van der Waals surface area contributed by atoms with E-state index >= 15 is 0 Å². The normalized spacial score (nSPS) is 23.1. The summed E-state index contributed by atoms with van der Waals surface area (Å²) >= 11 is 0. The molecule has 30 heavy (non-hydrogen) atoms. The number of ether oxygens (including phenoxy) is 3. The minimum atomic E-state index is -0.316. The van der Waals surface area contributed by atoms with Crippen molar-refractivity contribution < 1.29 is 23.4 Å². The fourth-order valence-corrected chi connectivity index (χ4v) is 4.44. The summed E-state index contributed by atoms with van der Waals surface area (Å²) in [5, 5.41) is 8.64. The van der Waals surface area contributed by atoms with Crippen LogP contribution in [0.25, 0.3) is 0 Å². The number of oxazole rings is 1. The molecule has 0 saturated carbocycles. The minimum Gasteiger partial charge on any atom is -0.438 e. The van der Waals surface area contributed by atoms with Crippen molar-refractivity contribution in [2.75, 3.05) is 26.3 Å². The van der Waals surface area contributed by atoms with Gasteiger partial charge in [-0.05, 0) is 32.6 Å². The van der Waals surface area contributed by atoms with Gasteiger partial charge >= 0.3 is 0 Å². The van der Waals surface area contributed by atoms with Crippen LogP contribution >= 0.6 is 0 Å². The van der Waals surface area contributed by atoms with Crippen molar-refractivity contribution in [2.45, 2.75) is 64.1 Å². The molecule has 5 rings (SSSR count). The molecule has 0 aromatic carbocycles. The van der Waals surface area contributed by atoms with E-state index in [1.807, 2.05) is 9.58 Å². The molecule has 3 aliphatic heterocycles. The Hall–Kier alpha value is -2.30. The lowest BCUT2D eigenvalue weighted by Crippen LogP contribution is -2.52. The molecule has 1 amide bonds. The molecule has 1 unspecified atom stereocenters. The largest absolute Gasteiger partial charge is 0.438 e. The highest BCUT2D eigenvalue weighted by Gasteiger charge is 2.42. The van der Waals surface area contributed by atoms with E-state index in [0.717, 1.165) is 43.7 Å². The Morgan fingerprint density at radius 3 is 2.97 bits per heavy atom. The zero-order valence-electron chi connectivity index (χ0n) is 17.2. The number of piperidine rings is 1. The standard InChI is InChI=1S/C20H27N5O5/c1-14-18(29-13-21-14)19(26)24-6-4-20(5-7-24)12-25-17(11-30-20)16(22-23-25)10-27-9-15-3-2-8-28-15/h13,15H,2-12H2,1H3. The molecule has 2 aromatic rings. The van der Waals surface area contributed by atoms with E-state index in [4.69, 9.17) is 18.6 Å². The van der Waals surface area contributed by atoms with Crippen molar-refractivity contribution in [3.05, 3.63) is 29.2 Å². The Morgan fingerprint density at radius 2 is 2.23 bits per heavy atom. The van der Waals surface area contributed by atoms with Gasteiger partial charge in [0.2, 0.25) is 5.76 Å². The summed E-state index contributed by atoms with van der Waals surface area (Å²) in [6.07, 6.45) is 5.16. The Balaban J connectivity index is 1.17. The van der Waals surface area contributed by atoms with Crippen LogP contribution in [0.5, 0.6) is 0 Å². The molecule has 0 N–H and O–H groups in total. The van der Waals surface area contributed by atoms with Crippen LogP contribution in [0.4, 0.5) is 0 Å². The van der Waals surface area contributed by atoms with Gasteiger partial charge < -0.3 is 23.5 Å². The monoisotopic (exact) mass is 417 g/mol. The maximum absolute atomic E-state index is 12.7. The van der Waals surface area contributed by atoms with Crippen molar-refractivity contribution >= 4 is 5.91 Å². The van der Waals surface area contributed by atoms with Gasteiger partial charge in [0.1, 0.15) is 5.69 Å². The molecule has 0 aliphatic carbocycles. The van der Waals surface area contributed by atoms with Crippen molar-refractivity contribution in [1.82, 2.24) is 24.9 Å². The van der Waals surface area contributed by atoms with Crippen molar-refractivity contribution in [1.29, 1.82) is 0 Å². The maximum Gasteiger partial charge on any atom is 0.291 e. The number of carbonyl (C=O) groups excluding carboxylic acids is 1. The number of aromatic nitrogens is 4. The van der Waals surface area contributed by atoms with Gasteiger partial charge in [-0.3, -0.25) is 4.79 Å². The first-order chi connectivity index (χ1) is 14.6. The molecular formula is C20H27N5O5. The van der Waals surface area contributed by atoms with E-state index in [0.29, 0.717) is 50.9 Å². The fourth-order valence-electron chi connectivity index (χ4n) is 4.44. The first-order valence-corrected chi connectivity index (χ1v) is 10.6. The second-order valence-electron chi connectivity index (χ2n) is 8.32. The van der Waals surface area contributed by atoms with Gasteiger partial charge in [-0.15, -0.1) is 5.10 Å². The zero-order valence-corrected chi connectivity index (χ0v) is 17.2.